The van der Waals surface area contributed by atoms with E-state index in [1.54, 1.807) is 0 Å². The van der Waals surface area contributed by atoms with E-state index in [4.69, 9.17) is 11.6 Å². The Morgan fingerprint density at radius 1 is 1.00 bits per heavy atom. The van der Waals surface area contributed by atoms with Crippen molar-refractivity contribution >= 4 is 23.4 Å². The van der Waals surface area contributed by atoms with E-state index in [9.17, 15) is 0 Å². The first-order valence-electron chi connectivity index (χ1n) is 6.70. The van der Waals surface area contributed by atoms with Gasteiger partial charge in [-0.2, -0.15) is 0 Å². The number of nitrogens with one attached hydrogen (secondary N) is 1. The second-order valence-corrected chi connectivity index (χ2v) is 5.38. The molecular formula is C18H19ClN+. The second-order valence-electron chi connectivity index (χ2n) is 4.94. The molecule has 0 spiro atoms. The fraction of sp³-hybridized carbons (Fsp3) is 0.167. The van der Waals surface area contributed by atoms with E-state index in [0.29, 0.717) is 0 Å². The maximum absolute atomic E-state index is 5.95. The fourth-order valence-corrected chi connectivity index (χ4v) is 2.12. The van der Waals surface area contributed by atoms with E-state index < -0.39 is 0 Å². The molecule has 1 nitrogen and oxygen atoms in total. The summed E-state index contributed by atoms with van der Waals surface area (Å²) in [5, 5.41) is 0.761. The molecule has 0 aliphatic carbocycles. The van der Waals surface area contributed by atoms with Crippen molar-refractivity contribution < 1.29 is 4.99 Å². The third-order valence-corrected chi connectivity index (χ3v) is 3.21. The minimum Gasteiger partial charge on any atom is -0.239 e. The van der Waals surface area contributed by atoms with Gasteiger partial charge in [-0.3, -0.25) is 0 Å². The molecular weight excluding hydrogens is 266 g/mol. The lowest BCUT2D eigenvalue weighted by atomic mass is 10.1. The molecule has 1 N–H and O–H groups in total. The SMILES string of the molecule is CC(C)=[NH+]C(/C=C/c1ccccc1)c1ccc(Cl)cc1. The van der Waals surface area contributed by atoms with Gasteiger partial charge in [-0.25, -0.2) is 4.99 Å². The molecule has 0 aliphatic heterocycles. The van der Waals surface area contributed by atoms with Crippen molar-refractivity contribution in [3.63, 3.8) is 0 Å². The average Bonchev–Trinajstić information content (AvgIpc) is 2.45. The highest BCUT2D eigenvalue weighted by atomic mass is 35.5. The summed E-state index contributed by atoms with van der Waals surface area (Å²) in [5.41, 5.74) is 3.58. The first-order chi connectivity index (χ1) is 9.65. The Hall–Kier alpha value is -1.86. The summed E-state index contributed by atoms with van der Waals surface area (Å²) >= 11 is 5.95. The number of hydrogen-bond donors (Lipinski definition) is 1. The largest absolute Gasteiger partial charge is 0.239 e. The van der Waals surface area contributed by atoms with E-state index in [1.165, 1.54) is 16.8 Å². The third kappa shape index (κ3) is 4.36. The van der Waals surface area contributed by atoms with Crippen LogP contribution < -0.4 is 4.99 Å². The van der Waals surface area contributed by atoms with Crippen LogP contribution >= 0.6 is 11.6 Å². The Bertz CT molecular complexity index is 593. The molecule has 0 aliphatic rings. The average molecular weight is 285 g/mol. The third-order valence-electron chi connectivity index (χ3n) is 2.95. The van der Waals surface area contributed by atoms with Crippen LogP contribution in [-0.2, 0) is 0 Å². The molecule has 2 rings (SSSR count). The van der Waals surface area contributed by atoms with Gasteiger partial charge in [-0.15, -0.1) is 0 Å². The monoisotopic (exact) mass is 284 g/mol. The van der Waals surface area contributed by atoms with Crippen LogP contribution in [0.1, 0.15) is 31.0 Å². The summed E-state index contributed by atoms with van der Waals surface area (Å²) in [6.07, 6.45) is 4.31. The Labute approximate surface area is 125 Å². The van der Waals surface area contributed by atoms with Gasteiger partial charge < -0.3 is 0 Å². The van der Waals surface area contributed by atoms with Crippen molar-refractivity contribution in [2.24, 2.45) is 0 Å². The molecule has 1 atom stereocenters. The van der Waals surface area contributed by atoms with Gasteiger partial charge in [0, 0.05) is 24.4 Å². The summed E-state index contributed by atoms with van der Waals surface area (Å²) in [6, 6.07) is 18.4. The molecule has 0 heterocycles. The molecule has 0 bridgehead atoms. The summed E-state index contributed by atoms with van der Waals surface area (Å²) in [5.74, 6) is 0. The normalized spacial score (nSPS) is 12.3. The Morgan fingerprint density at radius 2 is 1.65 bits per heavy atom. The fourth-order valence-electron chi connectivity index (χ4n) is 2.00. The molecule has 0 aromatic heterocycles. The highest BCUT2D eigenvalue weighted by Crippen LogP contribution is 2.15. The molecule has 0 saturated heterocycles. The standard InChI is InChI=1S/C18H18ClN/c1-14(2)20-18(16-9-11-17(19)12-10-16)13-8-15-6-4-3-5-7-15/h3-13,18H,1-2H3/p+1/b13-8+. The first-order valence-corrected chi connectivity index (χ1v) is 7.08. The van der Waals surface area contributed by atoms with E-state index in [-0.39, 0.29) is 6.04 Å². The summed E-state index contributed by atoms with van der Waals surface area (Å²) in [6.45, 7) is 4.14. The molecule has 0 fully saturated rings. The number of halogens is 1. The molecule has 1 unspecified atom stereocenters. The molecule has 20 heavy (non-hydrogen) atoms. The minimum absolute atomic E-state index is 0.150. The van der Waals surface area contributed by atoms with Gasteiger partial charge in [-0.05, 0) is 23.8 Å². The predicted molar refractivity (Wildman–Crippen MR) is 87.0 cm³/mol. The van der Waals surface area contributed by atoms with Crippen LogP contribution in [0.3, 0.4) is 0 Å². The zero-order valence-electron chi connectivity index (χ0n) is 11.8. The topological polar surface area (TPSA) is 14.0 Å². The Kier molecular flexibility index (Phi) is 5.14. The van der Waals surface area contributed by atoms with Crippen molar-refractivity contribution in [1.29, 1.82) is 0 Å². The molecule has 2 aromatic carbocycles. The van der Waals surface area contributed by atoms with Gasteiger partial charge in [0.25, 0.3) is 0 Å². The lowest BCUT2D eigenvalue weighted by molar-refractivity contribution is -0.496. The summed E-state index contributed by atoms with van der Waals surface area (Å²) in [7, 11) is 0. The lowest BCUT2D eigenvalue weighted by Crippen LogP contribution is -2.72. The molecule has 2 heteroatoms. The summed E-state index contributed by atoms with van der Waals surface area (Å²) in [4.78, 5) is 3.47. The van der Waals surface area contributed by atoms with Crippen molar-refractivity contribution in [1.82, 2.24) is 0 Å². The minimum atomic E-state index is 0.150. The van der Waals surface area contributed by atoms with Gasteiger partial charge >= 0.3 is 0 Å². The highest BCUT2D eigenvalue weighted by Gasteiger charge is 2.11. The van der Waals surface area contributed by atoms with E-state index in [2.05, 4.69) is 55.3 Å². The Balaban J connectivity index is 2.27. The molecule has 2 aromatic rings. The smallest absolute Gasteiger partial charge is 0.194 e. The van der Waals surface area contributed by atoms with Crippen molar-refractivity contribution in [2.75, 3.05) is 0 Å². The predicted octanol–water partition coefficient (Wildman–Crippen LogP) is 3.66. The van der Waals surface area contributed by atoms with Crippen molar-refractivity contribution in [3.8, 4) is 0 Å². The number of hydrogen-bond acceptors (Lipinski definition) is 0. The number of benzene rings is 2. The van der Waals surface area contributed by atoms with E-state index in [0.717, 1.165) is 5.02 Å². The first kappa shape index (κ1) is 14.5. The maximum Gasteiger partial charge on any atom is 0.194 e. The zero-order valence-corrected chi connectivity index (χ0v) is 12.6. The van der Waals surface area contributed by atoms with Crippen LogP contribution in [0.25, 0.3) is 6.08 Å². The molecule has 0 amide bonds. The van der Waals surface area contributed by atoms with Crippen LogP contribution in [-0.4, -0.2) is 5.71 Å². The maximum atomic E-state index is 5.95. The van der Waals surface area contributed by atoms with Crippen LogP contribution in [0.15, 0.2) is 60.7 Å². The van der Waals surface area contributed by atoms with Gasteiger partial charge in [0.15, 0.2) is 6.04 Å². The zero-order chi connectivity index (χ0) is 14.4. The van der Waals surface area contributed by atoms with Crippen LogP contribution in [0.2, 0.25) is 5.02 Å². The summed E-state index contributed by atoms with van der Waals surface area (Å²) < 4.78 is 0. The Morgan fingerprint density at radius 3 is 2.25 bits per heavy atom. The lowest BCUT2D eigenvalue weighted by Gasteiger charge is -2.04. The number of rotatable bonds is 4. The quantitative estimate of drug-likeness (QED) is 0.824. The van der Waals surface area contributed by atoms with Crippen molar-refractivity contribution in [2.45, 2.75) is 19.9 Å². The molecule has 102 valence electrons. The second kappa shape index (κ2) is 7.06. The van der Waals surface area contributed by atoms with Crippen molar-refractivity contribution in [3.05, 3.63) is 76.8 Å². The van der Waals surface area contributed by atoms with E-state index >= 15 is 0 Å². The van der Waals surface area contributed by atoms with Gasteiger partial charge in [0.05, 0.1) is 0 Å². The van der Waals surface area contributed by atoms with Gasteiger partial charge in [0.1, 0.15) is 5.71 Å². The van der Waals surface area contributed by atoms with Gasteiger partial charge in [-0.1, -0.05) is 60.1 Å². The van der Waals surface area contributed by atoms with Gasteiger partial charge in [0.2, 0.25) is 0 Å². The van der Waals surface area contributed by atoms with E-state index in [1.807, 2.05) is 30.3 Å². The highest BCUT2D eigenvalue weighted by molar-refractivity contribution is 6.30. The molecule has 0 radical (unpaired) electrons. The van der Waals surface area contributed by atoms with Crippen LogP contribution in [0, 0.1) is 0 Å². The van der Waals surface area contributed by atoms with Crippen LogP contribution in [0.4, 0.5) is 0 Å². The molecule has 0 saturated carbocycles. The van der Waals surface area contributed by atoms with Crippen LogP contribution in [0.5, 0.6) is 0 Å².